The molecule has 3 rings (SSSR count). The number of carbonyl (C=O) groups is 1. The molecule has 0 saturated carbocycles. The van der Waals surface area contributed by atoms with E-state index in [2.05, 4.69) is 5.32 Å². The molecule has 1 saturated heterocycles. The van der Waals surface area contributed by atoms with E-state index in [1.165, 1.54) is 0 Å². The second kappa shape index (κ2) is 8.80. The number of aryl methyl sites for hydroxylation is 2. The summed E-state index contributed by atoms with van der Waals surface area (Å²) in [5.41, 5.74) is 1.43. The van der Waals surface area contributed by atoms with Crippen LogP contribution in [0.15, 0.2) is 41.3 Å². The third-order valence-corrected chi connectivity index (χ3v) is 7.58. The Balaban J connectivity index is 1.70. The highest BCUT2D eigenvalue weighted by Crippen LogP contribution is 2.37. The maximum absolute atomic E-state index is 13.1. The molecule has 1 aliphatic heterocycles. The number of hydrogen-bond acceptors (Lipinski definition) is 3. The van der Waals surface area contributed by atoms with Gasteiger partial charge in [0, 0.05) is 24.7 Å². The van der Waals surface area contributed by atoms with Crippen molar-refractivity contribution in [3.8, 4) is 0 Å². The van der Waals surface area contributed by atoms with Gasteiger partial charge in [-0.2, -0.15) is 17.5 Å². The standard InChI is InChI=1S/C21H22ClF3N2O3S/c1-13-3-4-14(2)19(11-13)26-20(28)15-7-9-27(10-8-15)31(29,30)16-5-6-18(22)17(12-16)21(23,24)25/h3-6,11-12,15H,7-10H2,1-2H3,(H,26,28). The summed E-state index contributed by atoms with van der Waals surface area (Å²) in [5.74, 6) is -0.584. The molecular formula is C21H22ClF3N2O3S. The number of nitrogens with one attached hydrogen (secondary N) is 1. The number of nitrogens with zero attached hydrogens (tertiary/aromatic N) is 1. The highest BCUT2D eigenvalue weighted by atomic mass is 35.5. The summed E-state index contributed by atoms with van der Waals surface area (Å²) in [5, 5.41) is 2.33. The number of hydrogen-bond donors (Lipinski definition) is 1. The molecule has 1 fully saturated rings. The molecule has 0 unspecified atom stereocenters. The highest BCUT2D eigenvalue weighted by Gasteiger charge is 2.37. The molecule has 0 aliphatic carbocycles. The molecule has 1 heterocycles. The van der Waals surface area contributed by atoms with Gasteiger partial charge in [0.15, 0.2) is 0 Å². The Hall–Kier alpha value is -2.10. The molecule has 1 N–H and O–H groups in total. The van der Waals surface area contributed by atoms with E-state index >= 15 is 0 Å². The Kier molecular flexibility index (Phi) is 6.69. The monoisotopic (exact) mass is 474 g/mol. The minimum Gasteiger partial charge on any atom is -0.326 e. The van der Waals surface area contributed by atoms with Gasteiger partial charge in [-0.05, 0) is 62.1 Å². The fourth-order valence-corrected chi connectivity index (χ4v) is 5.22. The van der Waals surface area contributed by atoms with Crippen LogP contribution < -0.4 is 5.32 Å². The Bertz CT molecular complexity index is 1100. The van der Waals surface area contributed by atoms with E-state index in [0.29, 0.717) is 11.8 Å². The first-order chi connectivity index (χ1) is 14.4. The van der Waals surface area contributed by atoms with Gasteiger partial charge in [-0.1, -0.05) is 23.7 Å². The van der Waals surface area contributed by atoms with Gasteiger partial charge in [0.2, 0.25) is 15.9 Å². The van der Waals surface area contributed by atoms with Gasteiger partial charge in [-0.25, -0.2) is 8.42 Å². The molecule has 0 bridgehead atoms. The average Bonchev–Trinajstić information content (AvgIpc) is 2.70. The zero-order valence-electron chi connectivity index (χ0n) is 17.0. The molecule has 10 heteroatoms. The highest BCUT2D eigenvalue weighted by molar-refractivity contribution is 7.89. The summed E-state index contributed by atoms with van der Waals surface area (Å²) in [7, 11) is -4.14. The molecule has 1 aliphatic rings. The predicted octanol–water partition coefficient (Wildman–Crippen LogP) is 5.02. The summed E-state index contributed by atoms with van der Waals surface area (Å²) >= 11 is 5.59. The number of rotatable bonds is 4. The number of alkyl halides is 3. The summed E-state index contributed by atoms with van der Waals surface area (Å²) in [6.07, 6.45) is -4.22. The maximum atomic E-state index is 13.1. The minimum absolute atomic E-state index is 0.0389. The van der Waals surface area contributed by atoms with E-state index < -0.39 is 31.7 Å². The lowest BCUT2D eigenvalue weighted by atomic mass is 9.97. The summed E-state index contributed by atoms with van der Waals surface area (Å²) in [6.45, 7) is 3.87. The van der Waals surface area contributed by atoms with Gasteiger partial charge >= 0.3 is 6.18 Å². The quantitative estimate of drug-likeness (QED) is 0.677. The van der Waals surface area contributed by atoms with E-state index in [1.54, 1.807) is 0 Å². The second-order valence-corrected chi connectivity index (χ2v) is 9.97. The third-order valence-electron chi connectivity index (χ3n) is 5.36. The van der Waals surface area contributed by atoms with Crippen molar-refractivity contribution in [1.29, 1.82) is 0 Å². The van der Waals surface area contributed by atoms with Crippen LogP contribution in [0.4, 0.5) is 18.9 Å². The fourth-order valence-electron chi connectivity index (χ4n) is 3.49. The van der Waals surface area contributed by atoms with E-state index in [-0.39, 0.29) is 37.8 Å². The first-order valence-electron chi connectivity index (χ1n) is 9.64. The number of piperidine rings is 1. The molecule has 1 amide bonds. The van der Waals surface area contributed by atoms with Crippen molar-refractivity contribution in [2.24, 2.45) is 5.92 Å². The average molecular weight is 475 g/mol. The fraction of sp³-hybridized carbons (Fsp3) is 0.381. The van der Waals surface area contributed by atoms with Crippen LogP contribution >= 0.6 is 11.6 Å². The SMILES string of the molecule is Cc1ccc(C)c(NC(=O)C2CCN(S(=O)(=O)c3ccc(Cl)c(C(F)(F)F)c3)CC2)c1. The Morgan fingerprint density at radius 3 is 2.35 bits per heavy atom. The lowest BCUT2D eigenvalue weighted by Gasteiger charge is -2.30. The van der Waals surface area contributed by atoms with Crippen LogP contribution in [0.5, 0.6) is 0 Å². The largest absolute Gasteiger partial charge is 0.417 e. The van der Waals surface area contributed by atoms with Gasteiger partial charge in [-0.15, -0.1) is 0 Å². The Morgan fingerprint density at radius 2 is 1.74 bits per heavy atom. The van der Waals surface area contributed by atoms with Crippen molar-refractivity contribution in [3.05, 3.63) is 58.1 Å². The normalized spacial score (nSPS) is 16.3. The molecule has 168 valence electrons. The molecule has 31 heavy (non-hydrogen) atoms. The lowest BCUT2D eigenvalue weighted by molar-refractivity contribution is -0.137. The zero-order valence-corrected chi connectivity index (χ0v) is 18.5. The summed E-state index contributed by atoms with van der Waals surface area (Å²) in [4.78, 5) is 12.2. The van der Waals surface area contributed by atoms with Crippen LogP contribution in [-0.2, 0) is 21.0 Å². The number of carbonyl (C=O) groups excluding carboxylic acids is 1. The van der Waals surface area contributed by atoms with Crippen LogP contribution in [-0.4, -0.2) is 31.7 Å². The van der Waals surface area contributed by atoms with Crippen molar-refractivity contribution >= 4 is 33.2 Å². The van der Waals surface area contributed by atoms with Crippen molar-refractivity contribution < 1.29 is 26.4 Å². The summed E-state index contributed by atoms with van der Waals surface area (Å²) < 4.78 is 66.1. The molecule has 0 aromatic heterocycles. The van der Waals surface area contributed by atoms with Crippen molar-refractivity contribution in [3.63, 3.8) is 0 Å². The molecule has 0 spiro atoms. The van der Waals surface area contributed by atoms with Gasteiger partial charge < -0.3 is 5.32 Å². The lowest BCUT2D eigenvalue weighted by Crippen LogP contribution is -2.41. The van der Waals surface area contributed by atoms with Gasteiger partial charge in [-0.3, -0.25) is 4.79 Å². The van der Waals surface area contributed by atoms with E-state index in [0.717, 1.165) is 27.6 Å². The molecule has 2 aromatic carbocycles. The van der Waals surface area contributed by atoms with Crippen LogP contribution in [0.3, 0.4) is 0 Å². The van der Waals surface area contributed by atoms with Gasteiger partial charge in [0.25, 0.3) is 0 Å². The van der Waals surface area contributed by atoms with Crippen LogP contribution in [0.2, 0.25) is 5.02 Å². The minimum atomic E-state index is -4.76. The van der Waals surface area contributed by atoms with Crippen LogP contribution in [0.1, 0.15) is 29.5 Å². The Morgan fingerprint density at radius 1 is 1.10 bits per heavy atom. The molecule has 2 aromatic rings. The third kappa shape index (κ3) is 5.22. The number of benzene rings is 2. The van der Waals surface area contributed by atoms with Gasteiger partial charge in [0.05, 0.1) is 15.5 Å². The van der Waals surface area contributed by atoms with Crippen molar-refractivity contribution in [1.82, 2.24) is 4.31 Å². The topological polar surface area (TPSA) is 66.5 Å². The van der Waals surface area contributed by atoms with E-state index in [4.69, 9.17) is 11.6 Å². The first-order valence-corrected chi connectivity index (χ1v) is 11.5. The van der Waals surface area contributed by atoms with Crippen LogP contribution in [0.25, 0.3) is 0 Å². The first kappa shape index (κ1) is 23.6. The number of halogens is 4. The zero-order chi connectivity index (χ0) is 23.0. The van der Waals surface area contributed by atoms with E-state index in [9.17, 15) is 26.4 Å². The predicted molar refractivity (Wildman–Crippen MR) is 112 cm³/mol. The molecule has 0 radical (unpaired) electrons. The van der Waals surface area contributed by atoms with Crippen molar-refractivity contribution in [2.75, 3.05) is 18.4 Å². The smallest absolute Gasteiger partial charge is 0.326 e. The Labute approximate surface area is 184 Å². The molecule has 0 atom stereocenters. The molecule has 5 nitrogen and oxygen atoms in total. The second-order valence-electron chi connectivity index (χ2n) is 7.63. The van der Waals surface area contributed by atoms with Crippen molar-refractivity contribution in [2.45, 2.75) is 37.8 Å². The number of sulfonamides is 1. The van der Waals surface area contributed by atoms with Gasteiger partial charge in [0.1, 0.15) is 0 Å². The number of amides is 1. The van der Waals surface area contributed by atoms with Crippen LogP contribution in [0, 0.1) is 19.8 Å². The summed E-state index contributed by atoms with van der Waals surface area (Å²) in [6, 6.07) is 8.26. The van der Waals surface area contributed by atoms with E-state index in [1.807, 2.05) is 32.0 Å². The molecular weight excluding hydrogens is 453 g/mol. The number of anilines is 1. The maximum Gasteiger partial charge on any atom is 0.417 e.